The van der Waals surface area contributed by atoms with E-state index in [2.05, 4.69) is 5.32 Å². The molecule has 2 aliphatic rings. The molecule has 1 N–H and O–H groups in total. The lowest BCUT2D eigenvalue weighted by Gasteiger charge is -2.19. The second-order valence-electron chi connectivity index (χ2n) is 6.70. The van der Waals surface area contributed by atoms with Gasteiger partial charge >= 0.3 is 5.97 Å². The number of benzene rings is 1. The molecule has 27 heavy (non-hydrogen) atoms. The van der Waals surface area contributed by atoms with Crippen molar-refractivity contribution >= 4 is 40.5 Å². The Morgan fingerprint density at radius 1 is 1.15 bits per heavy atom. The van der Waals surface area contributed by atoms with Crippen LogP contribution in [0.25, 0.3) is 0 Å². The van der Waals surface area contributed by atoms with Crippen LogP contribution < -0.4 is 10.2 Å². The van der Waals surface area contributed by atoms with Crippen LogP contribution in [0.2, 0.25) is 0 Å². The van der Waals surface area contributed by atoms with Crippen molar-refractivity contribution in [1.29, 1.82) is 0 Å². The van der Waals surface area contributed by atoms with Crippen molar-refractivity contribution in [1.82, 2.24) is 0 Å². The van der Waals surface area contributed by atoms with Crippen LogP contribution in [0.3, 0.4) is 0 Å². The minimum atomic E-state index is -0.465. The van der Waals surface area contributed by atoms with Crippen LogP contribution in [0.4, 0.5) is 11.4 Å². The van der Waals surface area contributed by atoms with Crippen LogP contribution in [0.1, 0.15) is 39.4 Å². The van der Waals surface area contributed by atoms with Gasteiger partial charge in [-0.05, 0) is 49.4 Å². The normalized spacial score (nSPS) is 15.7. The molecule has 1 fully saturated rings. The molecule has 1 aliphatic carbocycles. The van der Waals surface area contributed by atoms with E-state index in [1.165, 1.54) is 21.8 Å². The van der Waals surface area contributed by atoms with E-state index in [0.29, 0.717) is 29.2 Å². The van der Waals surface area contributed by atoms with Crippen molar-refractivity contribution < 1.29 is 19.1 Å². The number of hydrogen-bond acceptors (Lipinski definition) is 5. The highest BCUT2D eigenvalue weighted by atomic mass is 32.1. The van der Waals surface area contributed by atoms with E-state index < -0.39 is 11.9 Å². The number of para-hydroxylation sites is 2. The fourth-order valence-electron chi connectivity index (χ4n) is 3.54. The van der Waals surface area contributed by atoms with Crippen LogP contribution in [0.15, 0.2) is 30.3 Å². The predicted molar refractivity (Wildman–Crippen MR) is 103 cm³/mol. The molecule has 4 rings (SSSR count). The number of ether oxygens (including phenoxy) is 1. The van der Waals surface area contributed by atoms with E-state index >= 15 is 0 Å². The van der Waals surface area contributed by atoms with Gasteiger partial charge in [0.2, 0.25) is 5.91 Å². The van der Waals surface area contributed by atoms with E-state index in [1.807, 2.05) is 12.1 Å². The quantitative estimate of drug-likeness (QED) is 0.804. The van der Waals surface area contributed by atoms with Gasteiger partial charge in [-0.15, -0.1) is 11.3 Å². The van der Waals surface area contributed by atoms with Crippen molar-refractivity contribution in [3.8, 4) is 0 Å². The number of carbonyl (C=O) groups excluding carboxylic acids is 3. The zero-order valence-electron chi connectivity index (χ0n) is 14.8. The summed E-state index contributed by atoms with van der Waals surface area (Å²) in [6, 6.07) is 9.04. The molecule has 7 heteroatoms. The minimum Gasteiger partial charge on any atom is -0.451 e. The summed E-state index contributed by atoms with van der Waals surface area (Å²) in [5, 5.41) is 2.75. The van der Waals surface area contributed by atoms with Crippen molar-refractivity contribution in [3.05, 3.63) is 45.6 Å². The Kier molecular flexibility index (Phi) is 4.94. The minimum absolute atomic E-state index is 0.0499. The van der Waals surface area contributed by atoms with E-state index in [-0.39, 0.29) is 12.5 Å². The van der Waals surface area contributed by atoms with Crippen LogP contribution in [0.5, 0.6) is 0 Å². The number of aryl methyl sites for hydroxylation is 2. The van der Waals surface area contributed by atoms with Crippen LogP contribution in [0, 0.1) is 0 Å². The summed E-state index contributed by atoms with van der Waals surface area (Å²) in [7, 11) is 0. The molecule has 0 spiro atoms. The highest BCUT2D eigenvalue weighted by Crippen LogP contribution is 2.31. The topological polar surface area (TPSA) is 75.7 Å². The number of anilines is 2. The number of carbonyl (C=O) groups is 3. The van der Waals surface area contributed by atoms with Crippen LogP contribution >= 0.6 is 11.3 Å². The number of hydrogen-bond donors (Lipinski definition) is 1. The smallest absolute Gasteiger partial charge is 0.348 e. The maximum absolute atomic E-state index is 12.2. The Morgan fingerprint density at radius 2 is 2.00 bits per heavy atom. The predicted octanol–water partition coefficient (Wildman–Crippen LogP) is 3.16. The van der Waals surface area contributed by atoms with Gasteiger partial charge in [0.05, 0.1) is 11.4 Å². The third kappa shape index (κ3) is 3.73. The Balaban J connectivity index is 1.37. The summed E-state index contributed by atoms with van der Waals surface area (Å²) in [5.41, 5.74) is 2.44. The monoisotopic (exact) mass is 384 g/mol. The zero-order valence-corrected chi connectivity index (χ0v) is 15.6. The third-order valence-electron chi connectivity index (χ3n) is 4.82. The van der Waals surface area contributed by atoms with Gasteiger partial charge in [-0.1, -0.05) is 12.1 Å². The van der Waals surface area contributed by atoms with E-state index in [4.69, 9.17) is 4.74 Å². The molecule has 2 heterocycles. The van der Waals surface area contributed by atoms with Crippen molar-refractivity contribution in [3.63, 3.8) is 0 Å². The number of nitrogens with zero attached hydrogens (tertiary/aromatic N) is 1. The molecule has 0 saturated carbocycles. The number of esters is 1. The first-order chi connectivity index (χ1) is 13.1. The summed E-state index contributed by atoms with van der Waals surface area (Å²) in [6.45, 7) is 0.285. The first-order valence-electron chi connectivity index (χ1n) is 9.10. The molecule has 2 aromatic rings. The molecule has 1 aliphatic heterocycles. The molecule has 0 bridgehead atoms. The number of rotatable bonds is 5. The summed E-state index contributed by atoms with van der Waals surface area (Å²) in [4.78, 5) is 39.9. The largest absolute Gasteiger partial charge is 0.451 e. The molecule has 0 radical (unpaired) electrons. The third-order valence-corrected chi connectivity index (χ3v) is 6.04. The zero-order chi connectivity index (χ0) is 18.8. The summed E-state index contributed by atoms with van der Waals surface area (Å²) in [6.07, 6.45) is 4.48. The van der Waals surface area contributed by atoms with Crippen LogP contribution in [-0.2, 0) is 27.2 Å². The first-order valence-corrected chi connectivity index (χ1v) is 9.91. The highest BCUT2D eigenvalue weighted by Gasteiger charge is 2.24. The number of nitrogens with one attached hydrogen (secondary N) is 1. The Bertz CT molecular complexity index is 884. The fraction of sp³-hybridized carbons (Fsp3) is 0.350. The van der Waals surface area contributed by atoms with Gasteiger partial charge in [0.1, 0.15) is 4.88 Å². The van der Waals surface area contributed by atoms with E-state index in [9.17, 15) is 14.4 Å². The maximum Gasteiger partial charge on any atom is 0.348 e. The van der Waals surface area contributed by atoms with Gasteiger partial charge in [-0.25, -0.2) is 4.79 Å². The molecule has 1 aromatic heterocycles. The fourth-order valence-corrected chi connectivity index (χ4v) is 4.68. The Morgan fingerprint density at radius 3 is 2.78 bits per heavy atom. The number of fused-ring (bicyclic) bond motifs is 1. The number of thiophene rings is 1. The first kappa shape index (κ1) is 17.7. The van der Waals surface area contributed by atoms with Gasteiger partial charge < -0.3 is 15.0 Å². The Hall–Kier alpha value is -2.67. The standard InChI is InChI=1S/C20H20N2O4S/c23-18(12-26-20(25)17-11-13-5-3-8-16(13)27-17)21-14-6-1-2-7-15(14)22-10-4-9-19(22)24/h1-2,6-7,11H,3-5,8-10,12H2,(H,21,23). The maximum atomic E-state index is 12.2. The van der Waals surface area contributed by atoms with Gasteiger partial charge in [-0.2, -0.15) is 0 Å². The van der Waals surface area contributed by atoms with Crippen LogP contribution in [-0.4, -0.2) is 30.9 Å². The molecular weight excluding hydrogens is 364 g/mol. The lowest BCUT2D eigenvalue weighted by molar-refractivity contribution is -0.119. The molecule has 6 nitrogen and oxygen atoms in total. The lowest BCUT2D eigenvalue weighted by Crippen LogP contribution is -2.26. The average molecular weight is 384 g/mol. The molecule has 2 amide bonds. The SMILES string of the molecule is O=C(COC(=O)c1cc2c(s1)CCC2)Nc1ccccc1N1CCCC1=O. The molecule has 1 aromatic carbocycles. The van der Waals surface area contributed by atoms with Gasteiger partial charge in [0.25, 0.3) is 5.91 Å². The van der Waals surface area contributed by atoms with Gasteiger partial charge in [0.15, 0.2) is 6.61 Å². The molecule has 0 unspecified atom stereocenters. The summed E-state index contributed by atoms with van der Waals surface area (Å²) >= 11 is 1.45. The number of amides is 2. The molecule has 140 valence electrons. The second kappa shape index (κ2) is 7.52. The second-order valence-corrected chi connectivity index (χ2v) is 7.84. The lowest BCUT2D eigenvalue weighted by atomic mass is 10.2. The van der Waals surface area contributed by atoms with Gasteiger partial charge in [0, 0.05) is 17.8 Å². The Labute approximate surface area is 161 Å². The van der Waals surface area contributed by atoms with Crippen molar-refractivity contribution in [2.45, 2.75) is 32.1 Å². The van der Waals surface area contributed by atoms with E-state index in [0.717, 1.165) is 25.7 Å². The summed E-state index contributed by atoms with van der Waals surface area (Å²) in [5.74, 6) is -0.840. The summed E-state index contributed by atoms with van der Waals surface area (Å²) < 4.78 is 5.16. The average Bonchev–Trinajstić information content (AvgIpc) is 3.36. The molecule has 1 saturated heterocycles. The van der Waals surface area contributed by atoms with E-state index in [1.54, 1.807) is 23.1 Å². The van der Waals surface area contributed by atoms with Crippen molar-refractivity contribution in [2.75, 3.05) is 23.4 Å². The molecule has 0 atom stereocenters. The van der Waals surface area contributed by atoms with Gasteiger partial charge in [-0.3, -0.25) is 9.59 Å². The highest BCUT2D eigenvalue weighted by molar-refractivity contribution is 7.14. The molecular formula is C20H20N2O4S. The van der Waals surface area contributed by atoms with Crippen molar-refractivity contribution in [2.24, 2.45) is 0 Å².